The molecular formula is C25H37N3O13. The van der Waals surface area contributed by atoms with Crippen LogP contribution in [0.2, 0.25) is 0 Å². The van der Waals surface area contributed by atoms with Crippen LogP contribution >= 0.6 is 0 Å². The molecule has 1 aromatic rings. The molecule has 1 atom stereocenters. The molecule has 1 rings (SSSR count). The number of carboxylic acid groups (broad SMARTS) is 5. The third kappa shape index (κ3) is 16.5. The summed E-state index contributed by atoms with van der Waals surface area (Å²) in [6.45, 7) is 0.445. The normalized spacial score (nSPS) is 11.8. The van der Waals surface area contributed by atoms with Gasteiger partial charge in [-0.3, -0.25) is 29.1 Å². The highest BCUT2D eigenvalue weighted by atomic mass is 16.7. The zero-order chi connectivity index (χ0) is 30.8. The third-order valence-corrected chi connectivity index (χ3v) is 5.75. The van der Waals surface area contributed by atoms with Crippen molar-refractivity contribution in [2.24, 2.45) is 0 Å². The molecule has 0 aromatic heterocycles. The van der Waals surface area contributed by atoms with Crippen molar-refractivity contribution in [1.29, 1.82) is 0 Å². The van der Waals surface area contributed by atoms with Crippen molar-refractivity contribution in [3.05, 3.63) is 29.8 Å². The summed E-state index contributed by atoms with van der Waals surface area (Å²) in [5.41, 5.74) is 0.762. The minimum absolute atomic E-state index is 0.0192. The van der Waals surface area contributed by atoms with Gasteiger partial charge in [-0.2, -0.15) is 0 Å². The van der Waals surface area contributed by atoms with Gasteiger partial charge in [0.05, 0.1) is 26.2 Å². The molecule has 0 saturated heterocycles. The van der Waals surface area contributed by atoms with E-state index in [9.17, 15) is 34.2 Å². The molecule has 5 N–H and O–H groups in total. The van der Waals surface area contributed by atoms with Crippen LogP contribution in [-0.4, -0.2) is 149 Å². The maximum absolute atomic E-state index is 11.7. The van der Waals surface area contributed by atoms with Crippen LogP contribution in [0.25, 0.3) is 0 Å². The topological polar surface area (TPSA) is 224 Å². The summed E-state index contributed by atoms with van der Waals surface area (Å²) in [5.74, 6) is -2.90. The van der Waals surface area contributed by atoms with Crippen LogP contribution in [0.1, 0.15) is 12.5 Å². The van der Waals surface area contributed by atoms with Crippen LogP contribution in [0.3, 0.4) is 0 Å². The van der Waals surface area contributed by atoms with E-state index in [1.54, 1.807) is 24.3 Å². The third-order valence-electron chi connectivity index (χ3n) is 5.75. The van der Waals surface area contributed by atoms with Gasteiger partial charge in [0.15, 0.2) is 0 Å². The largest absolute Gasteiger partial charge is 0.505 e. The van der Waals surface area contributed by atoms with Gasteiger partial charge in [0.25, 0.3) is 0 Å². The number of hydrogen-bond donors (Lipinski definition) is 5. The number of carboxylic acids is 3. The molecule has 0 spiro atoms. The number of nitrogens with zero attached hydrogens (tertiary/aromatic N) is 3. The van der Waals surface area contributed by atoms with Gasteiger partial charge in [0.2, 0.25) is 0 Å². The molecule has 0 saturated carbocycles. The first-order valence-electron chi connectivity index (χ1n) is 12.7. The predicted octanol–water partition coefficient (Wildman–Crippen LogP) is 0.545. The van der Waals surface area contributed by atoms with Crippen molar-refractivity contribution in [3.63, 3.8) is 0 Å². The van der Waals surface area contributed by atoms with Gasteiger partial charge in [0, 0.05) is 38.8 Å². The van der Waals surface area contributed by atoms with Gasteiger partial charge >= 0.3 is 30.2 Å². The Labute approximate surface area is 236 Å². The Balaban J connectivity index is 3.03. The fourth-order valence-electron chi connectivity index (χ4n) is 3.92. The van der Waals surface area contributed by atoms with Crippen molar-refractivity contribution in [2.75, 3.05) is 72.2 Å². The molecule has 1 aromatic carbocycles. The number of hydrogen-bond acceptors (Lipinski definition) is 11. The number of carbonyl (C=O) groups is 5. The van der Waals surface area contributed by atoms with Gasteiger partial charge < -0.3 is 39.7 Å². The lowest BCUT2D eigenvalue weighted by molar-refractivity contribution is -0.141. The monoisotopic (exact) mass is 587 g/mol. The summed E-state index contributed by atoms with van der Waals surface area (Å²) in [7, 11) is 0. The van der Waals surface area contributed by atoms with E-state index in [2.05, 4.69) is 4.74 Å². The zero-order valence-corrected chi connectivity index (χ0v) is 22.7. The van der Waals surface area contributed by atoms with Crippen molar-refractivity contribution in [2.45, 2.75) is 19.4 Å². The average Bonchev–Trinajstić information content (AvgIpc) is 2.87. The average molecular weight is 588 g/mol. The van der Waals surface area contributed by atoms with Crippen LogP contribution in [0, 0.1) is 0 Å². The van der Waals surface area contributed by atoms with Crippen LogP contribution in [0.15, 0.2) is 24.3 Å². The Bertz CT molecular complexity index is 989. The van der Waals surface area contributed by atoms with Gasteiger partial charge in [-0.25, -0.2) is 9.59 Å². The van der Waals surface area contributed by atoms with Crippen LogP contribution in [0.5, 0.6) is 5.75 Å². The summed E-state index contributed by atoms with van der Waals surface area (Å²) in [4.78, 5) is 60.4. The molecule has 0 heterocycles. The van der Waals surface area contributed by atoms with Crippen molar-refractivity contribution < 1.29 is 63.7 Å². The van der Waals surface area contributed by atoms with E-state index < -0.39 is 55.9 Å². The van der Waals surface area contributed by atoms with Gasteiger partial charge in [0.1, 0.15) is 19.0 Å². The second-order valence-electron chi connectivity index (χ2n) is 8.83. The maximum Gasteiger partial charge on any atom is 0.505 e. The molecule has 41 heavy (non-hydrogen) atoms. The van der Waals surface area contributed by atoms with E-state index in [0.717, 1.165) is 5.56 Å². The Morgan fingerprint density at radius 2 is 1.22 bits per heavy atom. The van der Waals surface area contributed by atoms with E-state index in [1.807, 2.05) is 6.92 Å². The second kappa shape index (κ2) is 19.0. The highest BCUT2D eigenvalue weighted by molar-refractivity contribution is 5.70. The lowest BCUT2D eigenvalue weighted by atomic mass is 10.0. The summed E-state index contributed by atoms with van der Waals surface area (Å²) >= 11 is 0. The molecule has 1 unspecified atom stereocenters. The highest BCUT2D eigenvalue weighted by Crippen LogP contribution is 2.16. The fourth-order valence-corrected chi connectivity index (χ4v) is 3.92. The summed E-state index contributed by atoms with van der Waals surface area (Å²) in [5, 5.41) is 45.7. The maximum atomic E-state index is 11.7. The number of aliphatic carboxylic acids is 3. The van der Waals surface area contributed by atoms with Crippen molar-refractivity contribution in [3.8, 4) is 5.75 Å². The Kier molecular flexibility index (Phi) is 16.2. The number of benzene rings is 1. The summed E-state index contributed by atoms with van der Waals surface area (Å²) < 4.78 is 14.6. The molecule has 16 nitrogen and oxygen atoms in total. The molecule has 0 aliphatic rings. The van der Waals surface area contributed by atoms with Crippen LogP contribution in [0.4, 0.5) is 9.59 Å². The summed E-state index contributed by atoms with van der Waals surface area (Å²) in [6.07, 6.45) is -2.82. The number of rotatable bonds is 22. The van der Waals surface area contributed by atoms with Crippen molar-refractivity contribution >= 4 is 30.2 Å². The lowest BCUT2D eigenvalue weighted by Gasteiger charge is -2.32. The first-order chi connectivity index (χ1) is 19.4. The van der Waals surface area contributed by atoms with E-state index in [1.165, 1.54) is 14.7 Å². The van der Waals surface area contributed by atoms with E-state index in [4.69, 9.17) is 24.8 Å². The molecular weight excluding hydrogens is 550 g/mol. The molecule has 0 bridgehead atoms. The quantitative estimate of drug-likeness (QED) is 0.117. The van der Waals surface area contributed by atoms with Crippen LogP contribution < -0.4 is 4.74 Å². The molecule has 16 heteroatoms. The zero-order valence-electron chi connectivity index (χ0n) is 22.7. The summed E-state index contributed by atoms with van der Waals surface area (Å²) in [6, 6.07) is 6.28. The Morgan fingerprint density at radius 1 is 0.707 bits per heavy atom. The predicted molar refractivity (Wildman–Crippen MR) is 140 cm³/mol. The first-order valence-corrected chi connectivity index (χ1v) is 12.7. The Hall–Kier alpha value is -4.15. The molecule has 230 valence electrons. The van der Waals surface area contributed by atoms with E-state index in [-0.39, 0.29) is 52.4 Å². The molecule has 0 aliphatic carbocycles. The van der Waals surface area contributed by atoms with Crippen molar-refractivity contribution in [1.82, 2.24) is 14.7 Å². The fraction of sp³-hybridized carbons (Fsp3) is 0.560. The van der Waals surface area contributed by atoms with Gasteiger partial charge in [-0.15, -0.1) is 0 Å². The Morgan fingerprint density at radius 3 is 1.71 bits per heavy atom. The van der Waals surface area contributed by atoms with Crippen LogP contribution in [-0.2, 0) is 30.3 Å². The van der Waals surface area contributed by atoms with Gasteiger partial charge in [-0.1, -0.05) is 12.1 Å². The molecule has 0 radical (unpaired) electrons. The molecule has 0 fully saturated rings. The minimum Gasteiger partial charge on any atom is -0.494 e. The SMILES string of the molecule is CCOc1ccc(CC(COC(=O)O)N(CCN(CCN(CCOC(=O)O)CC(=O)O)CC(=O)O)CC(=O)O)cc1. The lowest BCUT2D eigenvalue weighted by Crippen LogP contribution is -2.48. The van der Waals surface area contributed by atoms with E-state index >= 15 is 0 Å². The number of ether oxygens (including phenoxy) is 3. The molecule has 0 amide bonds. The minimum atomic E-state index is -1.53. The highest BCUT2D eigenvalue weighted by Gasteiger charge is 2.25. The molecule has 0 aliphatic heterocycles. The van der Waals surface area contributed by atoms with E-state index in [0.29, 0.717) is 12.4 Å². The smallest absolute Gasteiger partial charge is 0.494 e. The standard InChI is InChI=1S/C25H37N3O13/c1-2-39-20-5-3-18(4-6-20)13-19(17-41-25(37)38)28(16-23(33)34)10-9-26(14-21(29)30)7-8-27(15-22(31)32)11-12-40-24(35)36/h3-6,19H,2,7-17H2,1H3,(H,29,30)(H,31,32)(H,33,34)(H,35,36)(H,37,38). The second-order valence-corrected chi connectivity index (χ2v) is 8.83. The first kappa shape index (κ1) is 34.9. The van der Waals surface area contributed by atoms with Gasteiger partial charge in [-0.05, 0) is 31.0 Å².